The van der Waals surface area contributed by atoms with Gasteiger partial charge < -0.3 is 19.7 Å². The minimum absolute atomic E-state index is 0.0921. The monoisotopic (exact) mass is 283 g/mol. The van der Waals surface area contributed by atoms with Crippen LogP contribution in [0.2, 0.25) is 0 Å². The molecule has 0 spiro atoms. The summed E-state index contributed by atoms with van der Waals surface area (Å²) in [5.74, 6) is -0.198. The molecule has 108 valence electrons. The zero-order chi connectivity index (χ0) is 14.7. The molecule has 2 rings (SSSR count). The van der Waals surface area contributed by atoms with Crippen molar-refractivity contribution in [1.29, 1.82) is 5.26 Å². The predicted octanol–water partition coefficient (Wildman–Crippen LogP) is -1.92. The number of hydrogen-bond acceptors (Lipinski definition) is 7. The van der Waals surface area contributed by atoms with Crippen molar-refractivity contribution in [3.63, 3.8) is 0 Å². The van der Waals surface area contributed by atoms with E-state index >= 15 is 0 Å². The number of rotatable bonds is 4. The summed E-state index contributed by atoms with van der Waals surface area (Å²) in [6.07, 6.45) is -1.31. The average Bonchev–Trinajstić information content (AvgIpc) is 2.79. The number of nitrogens with one attached hydrogen (secondary N) is 1. The summed E-state index contributed by atoms with van der Waals surface area (Å²) in [6, 6.07) is 1.70. The maximum Gasteiger partial charge on any atom is 0.330 e. The first-order chi connectivity index (χ1) is 9.56. The lowest BCUT2D eigenvalue weighted by atomic mass is 10.2. The van der Waals surface area contributed by atoms with Crippen LogP contribution in [0.25, 0.3) is 0 Å². The van der Waals surface area contributed by atoms with E-state index in [-0.39, 0.29) is 25.4 Å². The van der Waals surface area contributed by atoms with Crippen LogP contribution in [-0.2, 0) is 4.74 Å². The van der Waals surface area contributed by atoms with Crippen LogP contribution in [0.4, 0.5) is 0 Å². The molecular weight excluding hydrogens is 270 g/mol. The molecule has 0 saturated carbocycles. The highest BCUT2D eigenvalue weighted by Crippen LogP contribution is 2.27. The van der Waals surface area contributed by atoms with E-state index in [1.165, 1.54) is 0 Å². The van der Waals surface area contributed by atoms with Crippen molar-refractivity contribution in [3.05, 3.63) is 27.0 Å². The number of aromatic nitrogens is 2. The highest BCUT2D eigenvalue weighted by molar-refractivity contribution is 5.13. The van der Waals surface area contributed by atoms with Crippen molar-refractivity contribution < 1.29 is 19.7 Å². The number of H-pyrrole nitrogens is 1. The van der Waals surface area contributed by atoms with Crippen LogP contribution in [-0.4, -0.2) is 45.2 Å². The summed E-state index contributed by atoms with van der Waals surface area (Å²) < 4.78 is 11.2. The zero-order valence-corrected chi connectivity index (χ0v) is 10.4. The fraction of sp³-hybridized carbons (Fsp3) is 0.545. The number of aliphatic hydroxyl groups excluding tert-OH is 2. The van der Waals surface area contributed by atoms with Crippen molar-refractivity contribution >= 4 is 0 Å². The molecule has 0 bridgehead atoms. The molecule has 9 nitrogen and oxygen atoms in total. The summed E-state index contributed by atoms with van der Waals surface area (Å²) >= 11 is 0. The smallest absolute Gasteiger partial charge is 0.330 e. The number of aromatic amines is 1. The average molecular weight is 283 g/mol. The van der Waals surface area contributed by atoms with Crippen LogP contribution in [0, 0.1) is 11.3 Å². The van der Waals surface area contributed by atoms with Crippen molar-refractivity contribution in [3.8, 4) is 11.8 Å². The second-order valence-corrected chi connectivity index (χ2v) is 4.22. The standard InChI is InChI=1S/C11H13N3O6/c12-1-2-19-7-4-14(11(18)13-10(7)17)9-3-6(16)8(5-15)20-9/h4,6,8-9,15-16H,2-3,5H2,(H,13,17,18)/t6-,8+,9+/m0/s1. The first-order valence-electron chi connectivity index (χ1n) is 5.86. The molecule has 0 aliphatic carbocycles. The van der Waals surface area contributed by atoms with E-state index in [4.69, 9.17) is 19.8 Å². The molecule has 3 atom stereocenters. The Bertz CT molecular complexity index is 630. The molecule has 1 fully saturated rings. The molecule has 9 heteroatoms. The number of aliphatic hydroxyl groups is 2. The molecule has 1 aliphatic heterocycles. The largest absolute Gasteiger partial charge is 0.471 e. The van der Waals surface area contributed by atoms with Gasteiger partial charge in [0.25, 0.3) is 5.56 Å². The molecule has 0 amide bonds. The summed E-state index contributed by atoms with van der Waals surface area (Å²) in [5, 5.41) is 27.0. The Hall–Kier alpha value is -2.15. The minimum Gasteiger partial charge on any atom is -0.471 e. The molecular formula is C11H13N3O6. The third-order valence-electron chi connectivity index (χ3n) is 2.92. The lowest BCUT2D eigenvalue weighted by molar-refractivity contribution is -0.0461. The Morgan fingerprint density at radius 1 is 1.60 bits per heavy atom. The van der Waals surface area contributed by atoms with Gasteiger partial charge in [-0.25, -0.2) is 4.79 Å². The van der Waals surface area contributed by atoms with Crippen LogP contribution in [0.15, 0.2) is 15.8 Å². The number of hydrogen-bond donors (Lipinski definition) is 3. The quantitative estimate of drug-likeness (QED) is 0.585. The molecule has 1 aromatic heterocycles. The van der Waals surface area contributed by atoms with Crippen molar-refractivity contribution in [2.45, 2.75) is 24.9 Å². The van der Waals surface area contributed by atoms with Gasteiger partial charge in [-0.15, -0.1) is 0 Å². The van der Waals surface area contributed by atoms with Crippen LogP contribution in [0.1, 0.15) is 12.6 Å². The molecule has 0 aromatic carbocycles. The van der Waals surface area contributed by atoms with Crippen LogP contribution in [0.3, 0.4) is 0 Å². The van der Waals surface area contributed by atoms with Gasteiger partial charge in [0.2, 0.25) is 5.75 Å². The van der Waals surface area contributed by atoms with Gasteiger partial charge in [0, 0.05) is 6.42 Å². The highest BCUT2D eigenvalue weighted by atomic mass is 16.5. The summed E-state index contributed by atoms with van der Waals surface area (Å²) in [5.41, 5.74) is -1.48. The van der Waals surface area contributed by atoms with E-state index in [1.807, 2.05) is 4.98 Å². The van der Waals surface area contributed by atoms with Gasteiger partial charge in [-0.3, -0.25) is 14.3 Å². The second-order valence-electron chi connectivity index (χ2n) is 4.22. The van der Waals surface area contributed by atoms with E-state index < -0.39 is 29.7 Å². The summed E-state index contributed by atoms with van der Waals surface area (Å²) in [7, 11) is 0. The Morgan fingerprint density at radius 2 is 2.35 bits per heavy atom. The molecule has 1 saturated heterocycles. The fourth-order valence-corrected chi connectivity index (χ4v) is 1.94. The van der Waals surface area contributed by atoms with Crippen molar-refractivity contribution in [1.82, 2.24) is 9.55 Å². The Labute approximate surface area is 112 Å². The third-order valence-corrected chi connectivity index (χ3v) is 2.92. The van der Waals surface area contributed by atoms with E-state index in [0.717, 1.165) is 10.8 Å². The maximum atomic E-state index is 11.7. The van der Waals surface area contributed by atoms with Crippen LogP contribution < -0.4 is 16.0 Å². The van der Waals surface area contributed by atoms with Crippen LogP contribution in [0.5, 0.6) is 5.75 Å². The maximum absolute atomic E-state index is 11.7. The number of nitrogens with zero attached hydrogens (tertiary/aromatic N) is 2. The molecule has 1 aliphatic rings. The first kappa shape index (κ1) is 14.3. The van der Waals surface area contributed by atoms with Crippen molar-refractivity contribution in [2.24, 2.45) is 0 Å². The number of nitriles is 1. The van der Waals surface area contributed by atoms with Crippen molar-refractivity contribution in [2.75, 3.05) is 13.2 Å². The molecule has 20 heavy (non-hydrogen) atoms. The second kappa shape index (κ2) is 5.87. The van der Waals surface area contributed by atoms with E-state index in [9.17, 15) is 14.7 Å². The zero-order valence-electron chi connectivity index (χ0n) is 10.4. The normalized spacial score (nSPS) is 25.4. The lowest BCUT2D eigenvalue weighted by Crippen LogP contribution is -2.33. The predicted molar refractivity (Wildman–Crippen MR) is 64.1 cm³/mol. The molecule has 1 aromatic rings. The fourth-order valence-electron chi connectivity index (χ4n) is 1.94. The van der Waals surface area contributed by atoms with Gasteiger partial charge in [-0.2, -0.15) is 5.26 Å². The van der Waals surface area contributed by atoms with Gasteiger partial charge in [0.1, 0.15) is 18.4 Å². The van der Waals surface area contributed by atoms with Gasteiger partial charge in [-0.05, 0) is 0 Å². The highest BCUT2D eigenvalue weighted by Gasteiger charge is 2.35. The Balaban J connectivity index is 2.31. The van der Waals surface area contributed by atoms with E-state index in [0.29, 0.717) is 0 Å². The summed E-state index contributed by atoms with van der Waals surface area (Å²) in [6.45, 7) is -0.720. The van der Waals surface area contributed by atoms with E-state index in [2.05, 4.69) is 0 Å². The summed E-state index contributed by atoms with van der Waals surface area (Å²) in [4.78, 5) is 25.2. The van der Waals surface area contributed by atoms with Gasteiger partial charge >= 0.3 is 5.69 Å². The minimum atomic E-state index is -0.910. The van der Waals surface area contributed by atoms with Gasteiger partial charge in [0.05, 0.1) is 18.9 Å². The van der Waals surface area contributed by atoms with Gasteiger partial charge in [-0.1, -0.05) is 0 Å². The molecule has 0 radical (unpaired) electrons. The Kier molecular flexibility index (Phi) is 4.19. The number of ether oxygens (including phenoxy) is 2. The molecule has 0 unspecified atom stereocenters. The van der Waals surface area contributed by atoms with Gasteiger partial charge in [0.15, 0.2) is 6.61 Å². The topological polar surface area (TPSA) is 138 Å². The lowest BCUT2D eigenvalue weighted by Gasteiger charge is -2.15. The Morgan fingerprint density at radius 3 is 2.95 bits per heavy atom. The third kappa shape index (κ3) is 2.72. The van der Waals surface area contributed by atoms with Crippen LogP contribution >= 0.6 is 0 Å². The first-order valence-corrected chi connectivity index (χ1v) is 5.86. The molecule has 3 N–H and O–H groups in total. The van der Waals surface area contributed by atoms with E-state index in [1.54, 1.807) is 6.07 Å². The molecule has 2 heterocycles. The SMILES string of the molecule is N#CCOc1cn([C@H]2C[C@H](O)[C@@H](CO)O2)c(=O)[nH]c1=O.